The summed E-state index contributed by atoms with van der Waals surface area (Å²) in [6, 6.07) is 5.90. The average Bonchev–Trinajstić information content (AvgIpc) is 2.45. The molecule has 0 saturated carbocycles. The van der Waals surface area contributed by atoms with Crippen LogP contribution >= 0.6 is 11.6 Å². The van der Waals surface area contributed by atoms with Gasteiger partial charge in [0, 0.05) is 12.1 Å². The van der Waals surface area contributed by atoms with Crippen molar-refractivity contribution >= 4 is 21.6 Å². The maximum absolute atomic E-state index is 12.4. The molecule has 0 saturated heterocycles. The molecule has 0 bridgehead atoms. The molecule has 0 aliphatic rings. The Balaban J connectivity index is 3.21. The van der Waals surface area contributed by atoms with Crippen molar-refractivity contribution in [3.05, 3.63) is 28.8 Å². The predicted molar refractivity (Wildman–Crippen MR) is 78.9 cm³/mol. The number of nitrogens with one attached hydrogen (secondary N) is 1. The molecule has 110 valence electrons. The van der Waals surface area contributed by atoms with Crippen molar-refractivity contribution in [3.8, 4) is 6.07 Å². The fourth-order valence-electron chi connectivity index (χ4n) is 1.83. The van der Waals surface area contributed by atoms with Crippen LogP contribution in [0.1, 0.15) is 32.3 Å². The lowest BCUT2D eigenvalue weighted by Crippen LogP contribution is -2.52. The third kappa shape index (κ3) is 3.49. The summed E-state index contributed by atoms with van der Waals surface area (Å²) < 4.78 is 27.4. The van der Waals surface area contributed by atoms with Crippen molar-refractivity contribution in [2.45, 2.75) is 37.1 Å². The first-order valence-corrected chi connectivity index (χ1v) is 8.14. The van der Waals surface area contributed by atoms with E-state index in [0.29, 0.717) is 12.8 Å². The number of nitriles is 1. The molecule has 0 spiro atoms. The largest absolute Gasteiger partial charge is 0.329 e. The van der Waals surface area contributed by atoms with Crippen molar-refractivity contribution in [1.29, 1.82) is 5.26 Å². The Morgan fingerprint density at radius 1 is 1.40 bits per heavy atom. The number of benzene rings is 1. The maximum Gasteiger partial charge on any atom is 0.241 e. The zero-order valence-corrected chi connectivity index (χ0v) is 13.1. The highest BCUT2D eigenvalue weighted by atomic mass is 35.5. The fraction of sp³-hybridized carbons (Fsp3) is 0.462. The summed E-state index contributed by atoms with van der Waals surface area (Å²) in [6.07, 6.45) is 1.16. The van der Waals surface area contributed by atoms with E-state index in [-0.39, 0.29) is 22.0 Å². The van der Waals surface area contributed by atoms with Crippen LogP contribution < -0.4 is 10.5 Å². The molecule has 1 aromatic rings. The van der Waals surface area contributed by atoms with E-state index >= 15 is 0 Å². The minimum Gasteiger partial charge on any atom is -0.329 e. The van der Waals surface area contributed by atoms with Crippen molar-refractivity contribution in [1.82, 2.24) is 4.72 Å². The zero-order valence-electron chi connectivity index (χ0n) is 11.5. The third-order valence-electron chi connectivity index (χ3n) is 3.46. The molecule has 5 nitrogen and oxygen atoms in total. The fourth-order valence-corrected chi connectivity index (χ4v) is 3.57. The molecule has 0 aliphatic carbocycles. The summed E-state index contributed by atoms with van der Waals surface area (Å²) in [5.74, 6) is 0. The second-order valence-electron chi connectivity index (χ2n) is 4.55. The van der Waals surface area contributed by atoms with Gasteiger partial charge in [0.15, 0.2) is 0 Å². The number of nitrogens with zero attached hydrogens (tertiary/aromatic N) is 1. The van der Waals surface area contributed by atoms with E-state index in [1.54, 1.807) is 0 Å². The number of hydrogen-bond acceptors (Lipinski definition) is 4. The van der Waals surface area contributed by atoms with Gasteiger partial charge in [-0.15, -0.1) is 0 Å². The zero-order chi connectivity index (χ0) is 15.4. The average molecular weight is 316 g/mol. The minimum atomic E-state index is -3.74. The highest BCUT2D eigenvalue weighted by molar-refractivity contribution is 7.89. The van der Waals surface area contributed by atoms with Crippen LogP contribution in [0.2, 0.25) is 5.02 Å². The summed E-state index contributed by atoms with van der Waals surface area (Å²) in [6.45, 7) is 3.96. The topological polar surface area (TPSA) is 96.0 Å². The van der Waals surface area contributed by atoms with Crippen molar-refractivity contribution in [2.24, 2.45) is 5.73 Å². The monoisotopic (exact) mass is 315 g/mol. The van der Waals surface area contributed by atoms with Gasteiger partial charge < -0.3 is 5.73 Å². The summed E-state index contributed by atoms with van der Waals surface area (Å²) in [7, 11) is -3.74. The molecular weight excluding hydrogens is 298 g/mol. The van der Waals surface area contributed by atoms with Crippen molar-refractivity contribution in [3.63, 3.8) is 0 Å². The minimum absolute atomic E-state index is 0.0122. The smallest absolute Gasteiger partial charge is 0.241 e. The first-order valence-electron chi connectivity index (χ1n) is 6.28. The molecule has 0 radical (unpaired) electrons. The Morgan fingerprint density at radius 2 is 2.00 bits per heavy atom. The lowest BCUT2D eigenvalue weighted by atomic mass is 9.95. The Morgan fingerprint density at radius 3 is 2.45 bits per heavy atom. The van der Waals surface area contributed by atoms with Crippen LogP contribution in [0.25, 0.3) is 0 Å². The standard InChI is InChI=1S/C13H18ClN3O2S/c1-3-13(4-2,9-16)17-20(18,19)11-5-6-12(14)10(7-11)8-15/h5-7,17H,3-4,9,16H2,1-2H3. The number of nitrogens with two attached hydrogens (primary N) is 1. The Bertz CT molecular complexity index is 611. The summed E-state index contributed by atoms with van der Waals surface area (Å²) >= 11 is 5.80. The first-order chi connectivity index (χ1) is 9.34. The Hall–Kier alpha value is -1.13. The third-order valence-corrected chi connectivity index (χ3v) is 5.37. The number of halogens is 1. The van der Waals surface area contributed by atoms with E-state index in [1.807, 2.05) is 19.9 Å². The van der Waals surface area contributed by atoms with Gasteiger partial charge in [0.1, 0.15) is 6.07 Å². The van der Waals surface area contributed by atoms with Crippen molar-refractivity contribution < 1.29 is 8.42 Å². The Kier molecular flexibility index (Phi) is 5.54. The van der Waals surface area contributed by atoms with E-state index < -0.39 is 15.6 Å². The van der Waals surface area contributed by atoms with E-state index in [4.69, 9.17) is 22.6 Å². The van der Waals surface area contributed by atoms with E-state index in [2.05, 4.69) is 4.72 Å². The molecular formula is C13H18ClN3O2S. The molecule has 0 heterocycles. The molecule has 0 aromatic heterocycles. The van der Waals surface area contributed by atoms with Crippen LogP contribution in [0.5, 0.6) is 0 Å². The normalized spacial score (nSPS) is 12.2. The lowest BCUT2D eigenvalue weighted by molar-refractivity contribution is 0.363. The number of sulfonamides is 1. The van der Waals surface area contributed by atoms with Gasteiger partial charge in [0.05, 0.1) is 15.5 Å². The van der Waals surface area contributed by atoms with E-state index in [1.165, 1.54) is 18.2 Å². The SMILES string of the molecule is CCC(CC)(CN)NS(=O)(=O)c1ccc(Cl)c(C#N)c1. The summed E-state index contributed by atoms with van der Waals surface area (Å²) in [5.41, 5.74) is 5.14. The van der Waals surface area contributed by atoms with Gasteiger partial charge in [-0.1, -0.05) is 25.4 Å². The molecule has 7 heteroatoms. The molecule has 0 atom stereocenters. The lowest BCUT2D eigenvalue weighted by Gasteiger charge is -2.31. The van der Waals surface area contributed by atoms with Crippen LogP contribution in [-0.2, 0) is 10.0 Å². The van der Waals surface area contributed by atoms with Crippen LogP contribution in [0.15, 0.2) is 23.1 Å². The molecule has 3 N–H and O–H groups in total. The molecule has 0 fully saturated rings. The first kappa shape index (κ1) is 16.9. The van der Waals surface area contributed by atoms with Gasteiger partial charge in [-0.25, -0.2) is 13.1 Å². The second kappa shape index (κ2) is 6.55. The Labute approximate surface area is 124 Å². The highest BCUT2D eigenvalue weighted by Crippen LogP contribution is 2.22. The van der Waals surface area contributed by atoms with Gasteiger partial charge in [-0.3, -0.25) is 0 Å². The second-order valence-corrected chi connectivity index (χ2v) is 6.64. The van der Waals surface area contributed by atoms with E-state index in [0.717, 1.165) is 0 Å². The van der Waals surface area contributed by atoms with Crippen LogP contribution in [-0.4, -0.2) is 20.5 Å². The van der Waals surface area contributed by atoms with Crippen LogP contribution in [0.4, 0.5) is 0 Å². The summed E-state index contributed by atoms with van der Waals surface area (Å²) in [5, 5.41) is 9.13. The van der Waals surface area contributed by atoms with Crippen molar-refractivity contribution in [2.75, 3.05) is 6.54 Å². The van der Waals surface area contributed by atoms with Gasteiger partial charge in [-0.05, 0) is 31.0 Å². The molecule has 1 aromatic carbocycles. The van der Waals surface area contributed by atoms with Crippen LogP contribution in [0, 0.1) is 11.3 Å². The molecule has 0 unspecified atom stereocenters. The van der Waals surface area contributed by atoms with Gasteiger partial charge >= 0.3 is 0 Å². The quantitative estimate of drug-likeness (QED) is 0.839. The van der Waals surface area contributed by atoms with Gasteiger partial charge in [-0.2, -0.15) is 5.26 Å². The number of rotatable bonds is 6. The summed E-state index contributed by atoms with van der Waals surface area (Å²) in [4.78, 5) is 0.0122. The van der Waals surface area contributed by atoms with E-state index in [9.17, 15) is 8.42 Å². The maximum atomic E-state index is 12.4. The molecule has 0 aliphatic heterocycles. The van der Waals surface area contributed by atoms with Gasteiger partial charge in [0.25, 0.3) is 0 Å². The molecule has 1 rings (SSSR count). The molecule has 20 heavy (non-hydrogen) atoms. The van der Waals surface area contributed by atoms with Crippen LogP contribution in [0.3, 0.4) is 0 Å². The predicted octanol–water partition coefficient (Wildman–Crippen LogP) is 2.01. The molecule has 0 amide bonds. The highest BCUT2D eigenvalue weighted by Gasteiger charge is 2.31. The van der Waals surface area contributed by atoms with Gasteiger partial charge in [0.2, 0.25) is 10.0 Å². The number of hydrogen-bond donors (Lipinski definition) is 2.